The van der Waals surface area contributed by atoms with E-state index in [0.29, 0.717) is 24.8 Å². The van der Waals surface area contributed by atoms with E-state index in [0.717, 1.165) is 24.2 Å². The quantitative estimate of drug-likeness (QED) is 0.800. The van der Waals surface area contributed by atoms with Crippen molar-refractivity contribution in [2.24, 2.45) is 0 Å². The zero-order valence-corrected chi connectivity index (χ0v) is 15.6. The fourth-order valence-corrected chi connectivity index (χ4v) is 3.47. The summed E-state index contributed by atoms with van der Waals surface area (Å²) in [4.78, 5) is 19.2. The minimum absolute atomic E-state index is 0.291. The van der Waals surface area contributed by atoms with Gasteiger partial charge in [-0.15, -0.1) is 0 Å². The average Bonchev–Trinajstić information content (AvgIpc) is 2.99. The molecule has 138 valence electrons. The summed E-state index contributed by atoms with van der Waals surface area (Å²) in [5, 5.41) is 4.17. The predicted octanol–water partition coefficient (Wildman–Crippen LogP) is 4.37. The first-order chi connectivity index (χ1) is 12.4. The third-order valence-electron chi connectivity index (χ3n) is 5.09. The molecular formula is C20H25N3O3. The van der Waals surface area contributed by atoms with Crippen molar-refractivity contribution in [2.75, 3.05) is 0 Å². The molecule has 1 aliphatic carbocycles. The highest BCUT2D eigenvalue weighted by Gasteiger charge is 2.37. The Kier molecular flexibility index (Phi) is 4.21. The molecule has 1 aromatic carbocycles. The molecule has 1 aliphatic heterocycles. The molecule has 0 saturated heterocycles. The summed E-state index contributed by atoms with van der Waals surface area (Å²) in [7, 11) is 0. The van der Waals surface area contributed by atoms with E-state index in [1.165, 1.54) is 12.0 Å². The molecule has 1 aromatic heterocycles. The highest BCUT2D eigenvalue weighted by molar-refractivity contribution is 5.69. The molecule has 0 unspecified atom stereocenters. The van der Waals surface area contributed by atoms with E-state index in [4.69, 9.17) is 9.26 Å². The van der Waals surface area contributed by atoms with E-state index >= 15 is 0 Å². The van der Waals surface area contributed by atoms with E-state index in [-0.39, 0.29) is 12.1 Å². The fourth-order valence-electron chi connectivity index (χ4n) is 3.47. The SMILES string of the molecule is CC(C)(C)OC(=O)N1Cc2ccccc2C[C@H]1c1nc(C2CCC2)no1. The maximum Gasteiger partial charge on any atom is 0.411 e. The fraction of sp³-hybridized carbons (Fsp3) is 0.550. The maximum absolute atomic E-state index is 12.8. The van der Waals surface area contributed by atoms with Crippen molar-refractivity contribution in [3.05, 3.63) is 47.1 Å². The summed E-state index contributed by atoms with van der Waals surface area (Å²) in [5.41, 5.74) is 1.79. The first-order valence-corrected chi connectivity index (χ1v) is 9.30. The highest BCUT2D eigenvalue weighted by atomic mass is 16.6. The number of aromatic nitrogens is 2. The van der Waals surface area contributed by atoms with Crippen molar-refractivity contribution < 1.29 is 14.1 Å². The lowest BCUT2D eigenvalue weighted by atomic mass is 9.85. The monoisotopic (exact) mass is 355 g/mol. The van der Waals surface area contributed by atoms with E-state index in [2.05, 4.69) is 22.3 Å². The smallest absolute Gasteiger partial charge is 0.411 e. The number of fused-ring (bicyclic) bond motifs is 1. The standard InChI is InChI=1S/C20H25N3O3/c1-20(2,3)25-19(24)23-12-15-8-5-4-7-14(15)11-16(23)18-21-17(22-26-18)13-9-6-10-13/h4-5,7-8,13,16H,6,9-12H2,1-3H3/t16-/m0/s1. The molecule has 6 heteroatoms. The van der Waals surface area contributed by atoms with Gasteiger partial charge in [-0.3, -0.25) is 4.90 Å². The summed E-state index contributed by atoms with van der Waals surface area (Å²) in [5.74, 6) is 1.68. The van der Waals surface area contributed by atoms with Gasteiger partial charge < -0.3 is 9.26 Å². The zero-order valence-electron chi connectivity index (χ0n) is 15.6. The first kappa shape index (κ1) is 17.1. The van der Waals surface area contributed by atoms with Crippen LogP contribution < -0.4 is 0 Å². The van der Waals surface area contributed by atoms with Crippen molar-refractivity contribution in [1.29, 1.82) is 0 Å². The Labute approximate surface area is 153 Å². The number of benzene rings is 1. The number of carbonyl (C=O) groups excluding carboxylic acids is 1. The van der Waals surface area contributed by atoms with Crippen LogP contribution in [-0.4, -0.2) is 26.7 Å². The molecule has 2 aromatic rings. The Morgan fingerprint density at radius 1 is 1.23 bits per heavy atom. The van der Waals surface area contributed by atoms with Crippen LogP contribution >= 0.6 is 0 Å². The lowest BCUT2D eigenvalue weighted by Crippen LogP contribution is -2.42. The number of ether oxygens (including phenoxy) is 1. The minimum atomic E-state index is -0.551. The molecule has 4 rings (SSSR count). The van der Waals surface area contributed by atoms with Crippen LogP contribution in [-0.2, 0) is 17.7 Å². The molecular weight excluding hydrogens is 330 g/mol. The summed E-state index contributed by atoms with van der Waals surface area (Å²) < 4.78 is 11.2. The number of nitrogens with zero attached hydrogens (tertiary/aromatic N) is 3. The summed E-state index contributed by atoms with van der Waals surface area (Å²) in [6.45, 7) is 6.11. The third kappa shape index (κ3) is 3.32. The summed E-state index contributed by atoms with van der Waals surface area (Å²) in [6, 6.07) is 7.87. The average molecular weight is 355 g/mol. The van der Waals surface area contributed by atoms with Gasteiger partial charge in [-0.2, -0.15) is 4.98 Å². The molecule has 2 aliphatic rings. The summed E-state index contributed by atoms with van der Waals surface area (Å²) >= 11 is 0. The Morgan fingerprint density at radius 3 is 2.62 bits per heavy atom. The Hall–Kier alpha value is -2.37. The van der Waals surface area contributed by atoms with Gasteiger partial charge in [0.1, 0.15) is 11.6 Å². The molecule has 1 fully saturated rings. The highest BCUT2D eigenvalue weighted by Crippen LogP contribution is 2.37. The number of carbonyl (C=O) groups is 1. The van der Waals surface area contributed by atoms with Gasteiger partial charge >= 0.3 is 6.09 Å². The molecule has 6 nitrogen and oxygen atoms in total. The van der Waals surface area contributed by atoms with E-state index in [9.17, 15) is 4.79 Å². The Balaban J connectivity index is 1.64. The van der Waals surface area contributed by atoms with Gasteiger partial charge in [0.2, 0.25) is 5.89 Å². The normalized spacial score (nSPS) is 20.4. The largest absolute Gasteiger partial charge is 0.444 e. The van der Waals surface area contributed by atoms with Crippen LogP contribution in [0.15, 0.2) is 28.8 Å². The van der Waals surface area contributed by atoms with Crippen molar-refractivity contribution in [3.63, 3.8) is 0 Å². The van der Waals surface area contributed by atoms with Gasteiger partial charge in [0, 0.05) is 12.3 Å². The molecule has 0 N–H and O–H groups in total. The molecule has 1 amide bonds. The van der Waals surface area contributed by atoms with Gasteiger partial charge in [0.25, 0.3) is 0 Å². The summed E-state index contributed by atoms with van der Waals surface area (Å²) in [6.07, 6.45) is 3.75. The molecule has 1 atom stereocenters. The van der Waals surface area contributed by atoms with Gasteiger partial charge in [-0.05, 0) is 44.7 Å². The molecule has 1 saturated carbocycles. The van der Waals surface area contributed by atoms with E-state index in [1.54, 1.807) is 4.90 Å². The Morgan fingerprint density at radius 2 is 1.96 bits per heavy atom. The molecule has 0 spiro atoms. The van der Waals surface area contributed by atoms with Gasteiger partial charge in [-0.25, -0.2) is 4.79 Å². The van der Waals surface area contributed by atoms with Gasteiger partial charge in [-0.1, -0.05) is 35.8 Å². The van der Waals surface area contributed by atoms with Crippen molar-refractivity contribution in [1.82, 2.24) is 15.0 Å². The van der Waals surface area contributed by atoms with Crippen LogP contribution in [0.5, 0.6) is 0 Å². The number of hydrogen-bond acceptors (Lipinski definition) is 5. The molecule has 0 bridgehead atoms. The minimum Gasteiger partial charge on any atom is -0.444 e. The van der Waals surface area contributed by atoms with Crippen molar-refractivity contribution in [3.8, 4) is 0 Å². The third-order valence-corrected chi connectivity index (χ3v) is 5.09. The molecule has 26 heavy (non-hydrogen) atoms. The second-order valence-corrected chi connectivity index (χ2v) is 8.22. The zero-order chi connectivity index (χ0) is 18.3. The number of hydrogen-bond donors (Lipinski definition) is 0. The molecule has 2 heterocycles. The predicted molar refractivity (Wildman–Crippen MR) is 95.6 cm³/mol. The number of rotatable bonds is 2. The van der Waals surface area contributed by atoms with Gasteiger partial charge in [0.05, 0.1) is 6.54 Å². The van der Waals surface area contributed by atoms with Crippen molar-refractivity contribution >= 4 is 6.09 Å². The van der Waals surface area contributed by atoms with Crippen LogP contribution in [0.1, 0.15) is 74.8 Å². The second kappa shape index (κ2) is 6.41. The van der Waals surface area contributed by atoms with Gasteiger partial charge in [0.15, 0.2) is 5.82 Å². The topological polar surface area (TPSA) is 68.5 Å². The van der Waals surface area contributed by atoms with Crippen LogP contribution in [0.2, 0.25) is 0 Å². The molecule has 0 radical (unpaired) electrons. The maximum atomic E-state index is 12.8. The Bertz CT molecular complexity index is 805. The van der Waals surface area contributed by atoms with E-state index in [1.807, 2.05) is 32.9 Å². The first-order valence-electron chi connectivity index (χ1n) is 9.30. The van der Waals surface area contributed by atoms with Crippen LogP contribution in [0, 0.1) is 0 Å². The van der Waals surface area contributed by atoms with Crippen LogP contribution in [0.25, 0.3) is 0 Å². The van der Waals surface area contributed by atoms with Crippen molar-refractivity contribution in [2.45, 2.75) is 70.6 Å². The van der Waals surface area contributed by atoms with Crippen LogP contribution in [0.3, 0.4) is 0 Å². The van der Waals surface area contributed by atoms with E-state index < -0.39 is 5.60 Å². The number of amides is 1. The lowest BCUT2D eigenvalue weighted by molar-refractivity contribution is 0.00786. The second-order valence-electron chi connectivity index (χ2n) is 8.22. The lowest BCUT2D eigenvalue weighted by Gasteiger charge is -2.35. The van der Waals surface area contributed by atoms with Crippen LogP contribution in [0.4, 0.5) is 4.79 Å².